The number of hydrogen-bond acceptors (Lipinski definition) is 4. The number of carbonyl (C=O) groups is 1. The summed E-state index contributed by atoms with van der Waals surface area (Å²) < 4.78 is 5.39. The molecule has 0 aliphatic carbocycles. The standard InChI is InChI=1S/C15H28N4O2S/c1-15(2,3)21-14(20)19-8-6-18(7-9-19)13(16)17-11-12-5-4-10-22-12/h12H,4-11H2,1-3H3,(H2,16,17). The van der Waals surface area contributed by atoms with Crippen LogP contribution in [0.2, 0.25) is 0 Å². The number of nitrogens with two attached hydrogens (primary N) is 1. The summed E-state index contributed by atoms with van der Waals surface area (Å²) in [5.74, 6) is 1.85. The van der Waals surface area contributed by atoms with E-state index in [2.05, 4.69) is 9.89 Å². The van der Waals surface area contributed by atoms with Gasteiger partial charge in [-0.25, -0.2) is 4.79 Å². The summed E-state index contributed by atoms with van der Waals surface area (Å²) >= 11 is 1.99. The van der Waals surface area contributed by atoms with E-state index in [1.807, 2.05) is 32.5 Å². The molecule has 126 valence electrons. The minimum atomic E-state index is -0.451. The van der Waals surface area contributed by atoms with Crippen molar-refractivity contribution in [3.8, 4) is 0 Å². The maximum atomic E-state index is 12.0. The van der Waals surface area contributed by atoms with E-state index in [1.165, 1.54) is 18.6 Å². The average Bonchev–Trinajstić information content (AvgIpc) is 2.96. The Bertz CT molecular complexity index is 408. The molecule has 0 bridgehead atoms. The van der Waals surface area contributed by atoms with Gasteiger partial charge in [-0.3, -0.25) is 4.99 Å². The highest BCUT2D eigenvalue weighted by Crippen LogP contribution is 2.26. The van der Waals surface area contributed by atoms with E-state index in [1.54, 1.807) is 4.90 Å². The number of thioether (sulfide) groups is 1. The number of nitrogens with zero attached hydrogens (tertiary/aromatic N) is 3. The fraction of sp³-hybridized carbons (Fsp3) is 0.867. The molecule has 0 saturated carbocycles. The van der Waals surface area contributed by atoms with Crippen molar-refractivity contribution in [1.29, 1.82) is 0 Å². The first-order chi connectivity index (χ1) is 10.3. The van der Waals surface area contributed by atoms with Crippen molar-refractivity contribution in [2.45, 2.75) is 44.5 Å². The van der Waals surface area contributed by atoms with E-state index >= 15 is 0 Å². The predicted octanol–water partition coefficient (Wildman–Crippen LogP) is 1.75. The van der Waals surface area contributed by atoms with Gasteiger partial charge < -0.3 is 20.3 Å². The van der Waals surface area contributed by atoms with Crippen LogP contribution in [0.5, 0.6) is 0 Å². The molecule has 22 heavy (non-hydrogen) atoms. The molecule has 0 spiro atoms. The van der Waals surface area contributed by atoms with Crippen LogP contribution in [-0.2, 0) is 4.74 Å². The zero-order valence-corrected chi connectivity index (χ0v) is 14.7. The number of amides is 1. The van der Waals surface area contributed by atoms with Gasteiger partial charge >= 0.3 is 6.09 Å². The number of piperazine rings is 1. The Morgan fingerprint density at radius 3 is 2.45 bits per heavy atom. The number of carbonyl (C=O) groups excluding carboxylic acids is 1. The Labute approximate surface area is 137 Å². The number of hydrogen-bond donors (Lipinski definition) is 1. The molecule has 1 atom stereocenters. The Hall–Kier alpha value is -1.11. The van der Waals surface area contributed by atoms with Crippen LogP contribution in [0.3, 0.4) is 0 Å². The molecule has 2 fully saturated rings. The topological polar surface area (TPSA) is 71.2 Å². The lowest BCUT2D eigenvalue weighted by Gasteiger charge is -2.36. The summed E-state index contributed by atoms with van der Waals surface area (Å²) in [5.41, 5.74) is 5.63. The van der Waals surface area contributed by atoms with E-state index in [0.717, 1.165) is 6.54 Å². The highest BCUT2D eigenvalue weighted by Gasteiger charge is 2.26. The summed E-state index contributed by atoms with van der Waals surface area (Å²) in [4.78, 5) is 20.3. The van der Waals surface area contributed by atoms with E-state index < -0.39 is 5.60 Å². The smallest absolute Gasteiger partial charge is 0.410 e. The second kappa shape index (κ2) is 7.44. The quantitative estimate of drug-likeness (QED) is 0.618. The molecule has 2 rings (SSSR count). The molecule has 2 saturated heterocycles. The van der Waals surface area contributed by atoms with Crippen LogP contribution in [-0.4, -0.2) is 71.2 Å². The van der Waals surface area contributed by atoms with Gasteiger partial charge in [-0.2, -0.15) is 11.8 Å². The maximum absolute atomic E-state index is 12.0. The molecular weight excluding hydrogens is 300 g/mol. The number of rotatable bonds is 2. The first-order valence-electron chi connectivity index (χ1n) is 7.99. The van der Waals surface area contributed by atoms with Gasteiger partial charge in [0, 0.05) is 31.4 Å². The largest absolute Gasteiger partial charge is 0.444 e. The van der Waals surface area contributed by atoms with Crippen LogP contribution in [0.1, 0.15) is 33.6 Å². The van der Waals surface area contributed by atoms with Crippen LogP contribution in [0.25, 0.3) is 0 Å². The summed E-state index contributed by atoms with van der Waals surface area (Å²) in [6, 6.07) is 0. The van der Waals surface area contributed by atoms with Crippen LogP contribution in [0, 0.1) is 0 Å². The Balaban J connectivity index is 1.76. The summed E-state index contributed by atoms with van der Waals surface area (Å²) in [5, 5.41) is 0.626. The van der Waals surface area contributed by atoms with E-state index in [0.29, 0.717) is 37.4 Å². The summed E-state index contributed by atoms with van der Waals surface area (Å²) in [6.45, 7) is 9.14. The monoisotopic (exact) mass is 328 g/mol. The third-order valence-corrected chi connectivity index (χ3v) is 5.12. The van der Waals surface area contributed by atoms with Crippen molar-refractivity contribution in [2.75, 3.05) is 38.5 Å². The molecule has 1 amide bonds. The van der Waals surface area contributed by atoms with Crippen molar-refractivity contribution in [1.82, 2.24) is 9.80 Å². The fourth-order valence-electron chi connectivity index (χ4n) is 2.53. The zero-order valence-electron chi connectivity index (χ0n) is 13.9. The molecule has 0 aromatic heterocycles. The first kappa shape index (κ1) is 17.2. The molecule has 2 aliphatic heterocycles. The van der Waals surface area contributed by atoms with E-state index in [-0.39, 0.29) is 6.09 Å². The third kappa shape index (κ3) is 5.26. The van der Waals surface area contributed by atoms with Gasteiger partial charge in [0.05, 0.1) is 6.54 Å². The fourth-order valence-corrected chi connectivity index (χ4v) is 3.71. The van der Waals surface area contributed by atoms with Crippen LogP contribution in [0.4, 0.5) is 4.79 Å². The van der Waals surface area contributed by atoms with Gasteiger partial charge in [0.15, 0.2) is 5.96 Å². The molecule has 2 N–H and O–H groups in total. The lowest BCUT2D eigenvalue weighted by atomic mass is 10.2. The normalized spacial score (nSPS) is 23.8. The molecule has 1 unspecified atom stereocenters. The second-order valence-corrected chi connectivity index (χ2v) is 8.20. The molecule has 0 radical (unpaired) electrons. The maximum Gasteiger partial charge on any atom is 0.410 e. The van der Waals surface area contributed by atoms with Crippen LogP contribution in [0.15, 0.2) is 4.99 Å². The van der Waals surface area contributed by atoms with Gasteiger partial charge in [-0.05, 0) is 39.4 Å². The Kier molecular flexibility index (Phi) is 5.83. The third-order valence-electron chi connectivity index (χ3n) is 3.74. The minimum absolute atomic E-state index is 0.245. The predicted molar refractivity (Wildman–Crippen MR) is 91.3 cm³/mol. The highest BCUT2D eigenvalue weighted by molar-refractivity contribution is 8.00. The summed E-state index contributed by atoms with van der Waals surface area (Å²) in [7, 11) is 0. The molecule has 0 aromatic rings. The molecular formula is C15H28N4O2S. The molecule has 6 nitrogen and oxygen atoms in total. The van der Waals surface area contributed by atoms with E-state index in [4.69, 9.17) is 10.5 Å². The van der Waals surface area contributed by atoms with E-state index in [9.17, 15) is 4.79 Å². The number of aliphatic imine (C=N–C) groups is 1. The van der Waals surface area contributed by atoms with Crippen molar-refractivity contribution < 1.29 is 9.53 Å². The van der Waals surface area contributed by atoms with Crippen LogP contribution >= 0.6 is 11.8 Å². The number of ether oxygens (including phenoxy) is 1. The second-order valence-electron chi connectivity index (χ2n) is 6.79. The Morgan fingerprint density at radius 1 is 1.27 bits per heavy atom. The molecule has 2 heterocycles. The van der Waals surface area contributed by atoms with Crippen molar-refractivity contribution in [3.63, 3.8) is 0 Å². The van der Waals surface area contributed by atoms with Gasteiger partial charge in [-0.1, -0.05) is 0 Å². The van der Waals surface area contributed by atoms with Crippen LogP contribution < -0.4 is 5.73 Å². The average molecular weight is 328 g/mol. The molecule has 2 aliphatic rings. The summed E-state index contributed by atoms with van der Waals surface area (Å²) in [6.07, 6.45) is 2.29. The molecule has 7 heteroatoms. The number of guanidine groups is 1. The SMILES string of the molecule is CC(C)(C)OC(=O)N1CCN(C(N)=NCC2CCCS2)CC1. The van der Waals surface area contributed by atoms with Gasteiger partial charge in [0.25, 0.3) is 0 Å². The lowest BCUT2D eigenvalue weighted by molar-refractivity contribution is 0.0186. The van der Waals surface area contributed by atoms with Crippen molar-refractivity contribution >= 4 is 23.8 Å². The first-order valence-corrected chi connectivity index (χ1v) is 9.04. The van der Waals surface area contributed by atoms with Gasteiger partial charge in [-0.15, -0.1) is 0 Å². The van der Waals surface area contributed by atoms with Gasteiger partial charge in [0.2, 0.25) is 0 Å². The van der Waals surface area contributed by atoms with Gasteiger partial charge in [0.1, 0.15) is 5.60 Å². The Morgan fingerprint density at radius 2 is 1.91 bits per heavy atom. The molecule has 0 aromatic carbocycles. The van der Waals surface area contributed by atoms with Crippen molar-refractivity contribution in [3.05, 3.63) is 0 Å². The minimum Gasteiger partial charge on any atom is -0.444 e. The highest BCUT2D eigenvalue weighted by atomic mass is 32.2. The lowest BCUT2D eigenvalue weighted by Crippen LogP contribution is -2.53. The van der Waals surface area contributed by atoms with Crippen molar-refractivity contribution in [2.24, 2.45) is 10.7 Å². The zero-order chi connectivity index (χ0) is 16.2.